The van der Waals surface area contributed by atoms with Crippen molar-refractivity contribution in [1.82, 2.24) is 0 Å². The summed E-state index contributed by atoms with van der Waals surface area (Å²) >= 11 is 0. The smallest absolute Gasteiger partial charge is 0.333 e. The van der Waals surface area contributed by atoms with Crippen LogP contribution in [0.25, 0.3) is 66.1 Å². The van der Waals surface area contributed by atoms with E-state index in [2.05, 4.69) is 205 Å². The fourth-order valence-electron chi connectivity index (χ4n) is 13.0. The summed E-state index contributed by atoms with van der Waals surface area (Å²) in [6, 6.07) is 59.4. The molecular formula is C67H55BN2O4. The highest BCUT2D eigenvalue weighted by Crippen LogP contribution is 2.58. The molecule has 6 nitrogen and oxygen atoms in total. The highest BCUT2D eigenvalue weighted by atomic mass is 16.6. The average molecular weight is 963 g/mol. The lowest BCUT2D eigenvalue weighted by Gasteiger charge is -2.47. The van der Waals surface area contributed by atoms with E-state index in [0.29, 0.717) is 23.0 Å². The number of nitrogens with zero attached hydrogens (tertiary/aromatic N) is 2. The van der Waals surface area contributed by atoms with Gasteiger partial charge in [0.05, 0.1) is 5.39 Å². The number of fused-ring (bicyclic) bond motifs is 15. The quantitative estimate of drug-likeness (QED) is 0.164. The van der Waals surface area contributed by atoms with Gasteiger partial charge in [0, 0.05) is 67.4 Å². The SMILES string of the molecule is Cc1cc2c(cc1N1c3cc4c(cc3B3c5c1cc1c(oc6ccccc61)c5-c1ccc5oc6ccccc6c5c1N3c1ccc(C(C)(C)C)cc1-c1ccccc1)Oc1ccccc1O4)C(C)(C)CCC2(C)C. The minimum atomic E-state index is -0.405. The Morgan fingerprint density at radius 3 is 1.89 bits per heavy atom. The molecule has 2 aromatic heterocycles. The van der Waals surface area contributed by atoms with Crippen molar-refractivity contribution in [3.63, 3.8) is 0 Å². The lowest BCUT2D eigenvalue weighted by Crippen LogP contribution is -2.61. The third kappa shape index (κ3) is 6.07. The predicted molar refractivity (Wildman–Crippen MR) is 305 cm³/mol. The Hall–Kier alpha value is -8.16. The molecule has 5 heterocycles. The first kappa shape index (κ1) is 43.4. The molecule has 0 unspecified atom stereocenters. The van der Waals surface area contributed by atoms with Crippen LogP contribution in [0.3, 0.4) is 0 Å². The molecule has 7 heteroatoms. The number of ether oxygens (including phenoxy) is 2. The van der Waals surface area contributed by atoms with E-state index in [1.54, 1.807) is 0 Å². The summed E-state index contributed by atoms with van der Waals surface area (Å²) in [4.78, 5) is 5.19. The summed E-state index contributed by atoms with van der Waals surface area (Å²) < 4.78 is 28.0. The van der Waals surface area contributed by atoms with Gasteiger partial charge < -0.3 is 28.0 Å². The van der Waals surface area contributed by atoms with Crippen molar-refractivity contribution in [3.05, 3.63) is 186 Å². The molecule has 15 rings (SSSR count). The molecule has 9 aromatic carbocycles. The summed E-state index contributed by atoms with van der Waals surface area (Å²) in [6.07, 6.45) is 2.24. The van der Waals surface area contributed by atoms with Crippen LogP contribution in [-0.2, 0) is 16.2 Å². The molecule has 0 amide bonds. The Bertz CT molecular complexity index is 4230. The molecule has 0 bridgehead atoms. The third-order valence-electron chi connectivity index (χ3n) is 17.0. The zero-order chi connectivity index (χ0) is 50.2. The van der Waals surface area contributed by atoms with E-state index in [1.807, 2.05) is 24.3 Å². The van der Waals surface area contributed by atoms with E-state index in [9.17, 15) is 0 Å². The molecule has 0 spiro atoms. The molecule has 0 saturated carbocycles. The first-order chi connectivity index (χ1) is 35.7. The molecule has 0 radical (unpaired) electrons. The van der Waals surface area contributed by atoms with Crippen molar-refractivity contribution in [2.24, 2.45) is 0 Å². The zero-order valence-electron chi connectivity index (χ0n) is 43.1. The van der Waals surface area contributed by atoms with Crippen LogP contribution in [0.1, 0.15) is 83.6 Å². The summed E-state index contributed by atoms with van der Waals surface area (Å²) in [5, 5.41) is 4.27. The molecule has 1 aliphatic carbocycles. The van der Waals surface area contributed by atoms with Crippen molar-refractivity contribution in [1.29, 1.82) is 0 Å². The van der Waals surface area contributed by atoms with E-state index in [0.717, 1.165) is 118 Å². The summed E-state index contributed by atoms with van der Waals surface area (Å²) in [7, 11) is 0. The standard InChI is InChI=1S/C67H55BN2O4/c1-38-32-46-47(67(7,8)31-30-66(46,5)6)35-50(38)69-51-37-59-58(72-55-24-16-17-25-56(55)73-59)36-48(51)68-62-52(69)34-45-41-20-12-14-22-53(41)74-64(45)61(62)43-27-29-57-60(42-21-13-15-23-54(42)71-57)63(43)70(68)49-28-26-40(65(2,3)4)33-44(49)39-18-10-9-11-19-39/h9-29,32-37H,30-31H2,1-8H3. The van der Waals surface area contributed by atoms with Crippen LogP contribution in [0.4, 0.5) is 28.4 Å². The number of para-hydroxylation sites is 4. The van der Waals surface area contributed by atoms with Gasteiger partial charge in [-0.15, -0.1) is 0 Å². The molecule has 0 atom stereocenters. The molecule has 4 aliphatic rings. The van der Waals surface area contributed by atoms with Gasteiger partial charge in [-0.05, 0) is 141 Å². The van der Waals surface area contributed by atoms with Crippen LogP contribution < -0.4 is 30.1 Å². The van der Waals surface area contributed by atoms with Gasteiger partial charge in [-0.1, -0.05) is 139 Å². The lowest BCUT2D eigenvalue weighted by atomic mass is 9.43. The Balaban J connectivity index is 1.14. The minimum absolute atomic E-state index is 0.0311. The maximum atomic E-state index is 7.25. The normalized spacial score (nSPS) is 15.8. The Labute approximate surface area is 431 Å². The van der Waals surface area contributed by atoms with Crippen LogP contribution in [0.2, 0.25) is 0 Å². The van der Waals surface area contributed by atoms with Crippen LogP contribution in [-0.4, -0.2) is 6.85 Å². The fourth-order valence-corrected chi connectivity index (χ4v) is 13.0. The predicted octanol–water partition coefficient (Wildman–Crippen LogP) is 17.7. The molecular weight excluding hydrogens is 908 g/mol. The van der Waals surface area contributed by atoms with Gasteiger partial charge in [0.1, 0.15) is 22.3 Å². The molecule has 0 N–H and O–H groups in total. The number of anilines is 5. The fraction of sp³-hybridized carbons (Fsp3) is 0.194. The van der Waals surface area contributed by atoms with Gasteiger partial charge in [-0.25, -0.2) is 0 Å². The maximum absolute atomic E-state index is 7.25. The van der Waals surface area contributed by atoms with Crippen LogP contribution >= 0.6 is 0 Å². The van der Waals surface area contributed by atoms with Crippen molar-refractivity contribution >= 4 is 90.1 Å². The summed E-state index contributed by atoms with van der Waals surface area (Å²) in [5.41, 5.74) is 20.8. The van der Waals surface area contributed by atoms with Crippen molar-refractivity contribution in [3.8, 4) is 45.3 Å². The minimum Gasteiger partial charge on any atom is -0.456 e. The molecule has 74 heavy (non-hydrogen) atoms. The van der Waals surface area contributed by atoms with Gasteiger partial charge in [0.2, 0.25) is 0 Å². The first-order valence-electron chi connectivity index (χ1n) is 26.2. The van der Waals surface area contributed by atoms with Gasteiger partial charge >= 0.3 is 6.85 Å². The van der Waals surface area contributed by atoms with Gasteiger partial charge in [-0.3, -0.25) is 0 Å². The molecule has 0 fully saturated rings. The van der Waals surface area contributed by atoms with Crippen molar-refractivity contribution < 1.29 is 18.3 Å². The third-order valence-corrected chi connectivity index (χ3v) is 17.0. The van der Waals surface area contributed by atoms with Gasteiger partial charge in [-0.2, -0.15) is 0 Å². The number of rotatable bonds is 3. The maximum Gasteiger partial charge on any atom is 0.333 e. The Kier molecular flexibility index (Phi) is 8.79. The molecule has 3 aliphatic heterocycles. The van der Waals surface area contributed by atoms with E-state index >= 15 is 0 Å². The van der Waals surface area contributed by atoms with E-state index in [-0.39, 0.29) is 16.2 Å². The van der Waals surface area contributed by atoms with E-state index in [4.69, 9.17) is 18.3 Å². The number of hydrogen-bond acceptors (Lipinski definition) is 6. The second-order valence-corrected chi connectivity index (χ2v) is 23.5. The number of hydrogen-bond donors (Lipinski definition) is 0. The second kappa shape index (κ2) is 15.0. The van der Waals surface area contributed by atoms with E-state index < -0.39 is 6.85 Å². The summed E-state index contributed by atoms with van der Waals surface area (Å²) in [5.74, 6) is 2.73. The van der Waals surface area contributed by atoms with E-state index in [1.165, 1.54) is 22.3 Å². The first-order valence-corrected chi connectivity index (χ1v) is 26.2. The van der Waals surface area contributed by atoms with Crippen LogP contribution in [0.15, 0.2) is 173 Å². The van der Waals surface area contributed by atoms with Gasteiger partial charge in [0.25, 0.3) is 0 Å². The number of aryl methyl sites for hydroxylation is 1. The highest BCUT2D eigenvalue weighted by Gasteiger charge is 2.50. The average Bonchev–Trinajstić information content (AvgIpc) is 3.97. The molecule has 11 aromatic rings. The monoisotopic (exact) mass is 962 g/mol. The number of benzene rings is 9. The van der Waals surface area contributed by atoms with Crippen LogP contribution in [0.5, 0.6) is 23.0 Å². The molecule has 0 saturated heterocycles. The number of furan rings is 2. The topological polar surface area (TPSA) is 51.2 Å². The largest absolute Gasteiger partial charge is 0.456 e. The highest BCUT2D eigenvalue weighted by molar-refractivity contribution is 6.94. The zero-order valence-corrected chi connectivity index (χ0v) is 43.1. The van der Waals surface area contributed by atoms with Crippen molar-refractivity contribution in [2.45, 2.75) is 84.5 Å². The van der Waals surface area contributed by atoms with Crippen LogP contribution in [0, 0.1) is 6.92 Å². The Morgan fingerprint density at radius 2 is 1.16 bits per heavy atom. The lowest BCUT2D eigenvalue weighted by molar-refractivity contribution is 0.332. The summed E-state index contributed by atoms with van der Waals surface area (Å²) in [6.45, 7) is 18.5. The Morgan fingerprint density at radius 1 is 0.514 bits per heavy atom. The van der Waals surface area contributed by atoms with Gasteiger partial charge in [0.15, 0.2) is 23.0 Å². The molecule has 360 valence electrons. The second-order valence-electron chi connectivity index (χ2n) is 23.5. The van der Waals surface area contributed by atoms with Crippen molar-refractivity contribution in [2.75, 3.05) is 9.71 Å².